The Morgan fingerprint density at radius 1 is 1.44 bits per heavy atom. The lowest BCUT2D eigenvalue weighted by Crippen LogP contribution is -2.04. The van der Waals surface area contributed by atoms with E-state index in [1.54, 1.807) is 18.3 Å². The van der Waals surface area contributed by atoms with E-state index in [1.807, 2.05) is 12.3 Å². The molecule has 0 saturated heterocycles. The highest BCUT2D eigenvalue weighted by molar-refractivity contribution is 7.17. The molecular weight excluding hydrogens is 270 g/mol. The Morgan fingerprint density at radius 3 is 2.78 bits per heavy atom. The number of nitrogens with one attached hydrogen (secondary N) is 1. The van der Waals surface area contributed by atoms with Crippen LogP contribution in [-0.4, -0.2) is 27.6 Å². The first kappa shape index (κ1) is 13.0. The largest absolute Gasteiger partial charge is 0.477 e. The molecule has 0 radical (unpaired) electrons. The third-order valence-electron chi connectivity index (χ3n) is 2.31. The summed E-state index contributed by atoms with van der Waals surface area (Å²) < 4.78 is 0. The maximum Gasteiger partial charge on any atom is 0.347 e. The minimum atomic E-state index is -0.923. The molecule has 0 bridgehead atoms. The molecule has 0 saturated carbocycles. The zero-order valence-electron chi connectivity index (χ0n) is 10.1. The molecule has 0 amide bonds. The van der Waals surface area contributed by atoms with Crippen molar-refractivity contribution in [1.29, 1.82) is 0 Å². The summed E-state index contributed by atoms with van der Waals surface area (Å²) >= 11 is 2.80. The first-order chi connectivity index (χ1) is 8.56. The molecule has 0 aromatic carbocycles. The summed E-state index contributed by atoms with van der Waals surface area (Å²) in [6.45, 7) is 4.38. The average Bonchev–Trinajstić information content (AvgIpc) is 2.85. The van der Waals surface area contributed by atoms with E-state index in [4.69, 9.17) is 5.11 Å². The van der Waals surface area contributed by atoms with Gasteiger partial charge in [-0.05, 0) is 13.8 Å². The lowest BCUT2D eigenvalue weighted by molar-refractivity contribution is 0.0701. The average molecular weight is 283 g/mol. The van der Waals surface area contributed by atoms with E-state index in [0.29, 0.717) is 22.2 Å². The van der Waals surface area contributed by atoms with Crippen LogP contribution in [0.25, 0.3) is 0 Å². The summed E-state index contributed by atoms with van der Waals surface area (Å²) in [6.07, 6.45) is 0.811. The van der Waals surface area contributed by atoms with Crippen molar-refractivity contribution in [3.63, 3.8) is 0 Å². The smallest absolute Gasteiger partial charge is 0.347 e. The summed E-state index contributed by atoms with van der Waals surface area (Å²) in [4.78, 5) is 19.7. The van der Waals surface area contributed by atoms with Crippen molar-refractivity contribution < 1.29 is 9.90 Å². The number of aromatic nitrogens is 2. The Hall–Kier alpha value is -1.47. The fraction of sp³-hybridized carbons (Fsp3) is 0.364. The second kappa shape index (κ2) is 5.45. The first-order valence-corrected chi connectivity index (χ1v) is 7.11. The molecule has 0 atom stereocenters. The number of carboxylic acid groups (broad SMARTS) is 1. The van der Waals surface area contributed by atoms with E-state index in [0.717, 1.165) is 17.1 Å². The molecular formula is C11H13N3O2S2. The van der Waals surface area contributed by atoms with E-state index in [2.05, 4.69) is 15.3 Å². The van der Waals surface area contributed by atoms with E-state index in [9.17, 15) is 4.79 Å². The summed E-state index contributed by atoms with van der Waals surface area (Å²) in [5.74, 6) is -0.923. The van der Waals surface area contributed by atoms with Gasteiger partial charge in [-0.3, -0.25) is 0 Å². The molecule has 0 unspecified atom stereocenters. The zero-order chi connectivity index (χ0) is 13.1. The molecule has 7 heteroatoms. The number of carbonyl (C=O) groups is 1. The van der Waals surface area contributed by atoms with Crippen LogP contribution in [-0.2, 0) is 6.42 Å². The van der Waals surface area contributed by atoms with Gasteiger partial charge in [-0.1, -0.05) is 11.3 Å². The van der Waals surface area contributed by atoms with Gasteiger partial charge < -0.3 is 10.4 Å². The minimum Gasteiger partial charge on any atom is -0.477 e. The van der Waals surface area contributed by atoms with E-state index in [-0.39, 0.29) is 0 Å². The topological polar surface area (TPSA) is 75.1 Å². The standard InChI is InChI=1S/C11H13N3O2S2/c1-6-9(10(15)16)18-11(13-6)12-4-3-8-5-17-7(2)14-8/h5H,3-4H2,1-2H3,(H,12,13)(H,15,16). The number of aromatic carboxylic acids is 1. The van der Waals surface area contributed by atoms with Crippen LogP contribution in [0, 0.1) is 13.8 Å². The summed E-state index contributed by atoms with van der Waals surface area (Å²) in [7, 11) is 0. The molecule has 0 aliphatic heterocycles. The van der Waals surface area contributed by atoms with Gasteiger partial charge in [-0.25, -0.2) is 14.8 Å². The molecule has 0 aliphatic carbocycles. The first-order valence-electron chi connectivity index (χ1n) is 5.42. The molecule has 96 valence electrons. The van der Waals surface area contributed by atoms with Gasteiger partial charge >= 0.3 is 5.97 Å². The SMILES string of the molecule is Cc1nc(CCNc2nc(C)c(C(=O)O)s2)cs1. The third-order valence-corrected chi connectivity index (χ3v) is 4.24. The maximum absolute atomic E-state index is 10.9. The predicted molar refractivity (Wildman–Crippen MR) is 72.9 cm³/mol. The Morgan fingerprint density at radius 2 is 2.22 bits per heavy atom. The van der Waals surface area contributed by atoms with Crippen molar-refractivity contribution in [3.05, 3.63) is 26.7 Å². The van der Waals surface area contributed by atoms with Crippen molar-refractivity contribution in [2.75, 3.05) is 11.9 Å². The minimum absolute atomic E-state index is 0.294. The molecule has 2 rings (SSSR count). The fourth-order valence-electron chi connectivity index (χ4n) is 1.49. The van der Waals surface area contributed by atoms with Crippen LogP contribution in [0.1, 0.15) is 26.1 Å². The van der Waals surface area contributed by atoms with Crippen molar-refractivity contribution in [3.8, 4) is 0 Å². The van der Waals surface area contributed by atoms with Crippen LogP contribution in [0.2, 0.25) is 0 Å². The lowest BCUT2D eigenvalue weighted by Gasteiger charge is -1.99. The van der Waals surface area contributed by atoms with Crippen molar-refractivity contribution >= 4 is 33.8 Å². The predicted octanol–water partition coefficient (Wildman–Crippen LogP) is 2.57. The van der Waals surface area contributed by atoms with Crippen LogP contribution in [0.4, 0.5) is 5.13 Å². The van der Waals surface area contributed by atoms with Crippen molar-refractivity contribution in [2.24, 2.45) is 0 Å². The van der Waals surface area contributed by atoms with Crippen molar-refractivity contribution in [2.45, 2.75) is 20.3 Å². The Balaban J connectivity index is 1.90. The molecule has 0 fully saturated rings. The number of hydrogen-bond acceptors (Lipinski definition) is 6. The van der Waals surface area contributed by atoms with Gasteiger partial charge in [0, 0.05) is 18.3 Å². The highest BCUT2D eigenvalue weighted by Crippen LogP contribution is 2.22. The van der Waals surface area contributed by atoms with Crippen LogP contribution in [0.3, 0.4) is 0 Å². The number of aryl methyl sites for hydroxylation is 2. The van der Waals surface area contributed by atoms with Gasteiger partial charge in [0.2, 0.25) is 0 Å². The highest BCUT2D eigenvalue weighted by atomic mass is 32.1. The third kappa shape index (κ3) is 3.05. The van der Waals surface area contributed by atoms with Gasteiger partial charge in [0.25, 0.3) is 0 Å². The summed E-state index contributed by atoms with van der Waals surface area (Å²) in [5.41, 5.74) is 1.61. The molecule has 5 nitrogen and oxygen atoms in total. The van der Waals surface area contributed by atoms with Gasteiger partial charge in [0.1, 0.15) is 4.88 Å². The van der Waals surface area contributed by atoms with Gasteiger partial charge in [-0.15, -0.1) is 11.3 Å². The molecule has 18 heavy (non-hydrogen) atoms. The van der Waals surface area contributed by atoms with E-state index in [1.165, 1.54) is 11.3 Å². The normalized spacial score (nSPS) is 10.6. The van der Waals surface area contributed by atoms with Gasteiger partial charge in [0.05, 0.1) is 16.4 Å². The Kier molecular flexibility index (Phi) is 3.93. The molecule has 2 heterocycles. The molecule has 2 N–H and O–H groups in total. The maximum atomic E-state index is 10.9. The quantitative estimate of drug-likeness (QED) is 0.882. The summed E-state index contributed by atoms with van der Waals surface area (Å²) in [6, 6.07) is 0. The number of hydrogen-bond donors (Lipinski definition) is 2. The zero-order valence-corrected chi connectivity index (χ0v) is 11.7. The monoisotopic (exact) mass is 283 g/mol. The number of rotatable bonds is 5. The molecule has 2 aromatic heterocycles. The second-order valence-electron chi connectivity index (χ2n) is 3.77. The van der Waals surface area contributed by atoms with Crippen LogP contribution < -0.4 is 5.32 Å². The molecule has 2 aromatic rings. The fourth-order valence-corrected chi connectivity index (χ4v) is 2.97. The number of nitrogens with zero attached hydrogens (tertiary/aromatic N) is 2. The Labute approximate surface area is 113 Å². The van der Waals surface area contributed by atoms with Gasteiger partial charge in [-0.2, -0.15) is 0 Å². The number of thiazole rings is 2. The van der Waals surface area contributed by atoms with Crippen LogP contribution >= 0.6 is 22.7 Å². The number of anilines is 1. The van der Waals surface area contributed by atoms with E-state index >= 15 is 0 Å². The summed E-state index contributed by atoms with van der Waals surface area (Å²) in [5, 5.41) is 15.8. The van der Waals surface area contributed by atoms with Crippen molar-refractivity contribution in [1.82, 2.24) is 9.97 Å². The second-order valence-corrected chi connectivity index (χ2v) is 5.83. The molecule has 0 spiro atoms. The molecule has 0 aliphatic rings. The lowest BCUT2D eigenvalue weighted by atomic mass is 10.3. The number of carboxylic acids is 1. The Bertz CT molecular complexity index is 562. The van der Waals surface area contributed by atoms with Crippen LogP contribution in [0.5, 0.6) is 0 Å². The van der Waals surface area contributed by atoms with Gasteiger partial charge in [0.15, 0.2) is 5.13 Å². The van der Waals surface area contributed by atoms with E-state index < -0.39 is 5.97 Å². The van der Waals surface area contributed by atoms with Crippen LogP contribution in [0.15, 0.2) is 5.38 Å². The highest BCUT2D eigenvalue weighted by Gasteiger charge is 2.13.